The molecule has 6 nitrogen and oxygen atoms in total. The fraction of sp³-hybridized carbons (Fsp3) is 0.278. The van der Waals surface area contributed by atoms with E-state index in [1.807, 2.05) is 30.3 Å². The third kappa shape index (κ3) is 3.63. The Hall–Kier alpha value is -3.07. The lowest BCUT2D eigenvalue weighted by molar-refractivity contribution is -0.139. The number of pyridine rings is 1. The molecule has 0 N–H and O–H groups in total. The van der Waals surface area contributed by atoms with Crippen molar-refractivity contribution in [3.63, 3.8) is 0 Å². The molecule has 0 aliphatic carbocycles. The van der Waals surface area contributed by atoms with E-state index < -0.39 is 0 Å². The van der Waals surface area contributed by atoms with Gasteiger partial charge in [-0.1, -0.05) is 12.1 Å². The van der Waals surface area contributed by atoms with E-state index in [0.717, 1.165) is 11.3 Å². The number of nitrogens with zero attached hydrogens (tertiary/aromatic N) is 3. The fourth-order valence-corrected chi connectivity index (χ4v) is 2.43. The highest BCUT2D eigenvalue weighted by atomic mass is 16.5. The van der Waals surface area contributed by atoms with Crippen LogP contribution in [0.5, 0.6) is 11.6 Å². The molecule has 1 aromatic heterocycles. The predicted molar refractivity (Wildman–Crippen MR) is 86.6 cm³/mol. The van der Waals surface area contributed by atoms with Gasteiger partial charge in [-0.2, -0.15) is 5.26 Å². The van der Waals surface area contributed by atoms with Crippen molar-refractivity contribution in [3.05, 3.63) is 53.7 Å². The maximum atomic E-state index is 12.2. The molecule has 1 aliphatic heterocycles. The van der Waals surface area contributed by atoms with Crippen LogP contribution >= 0.6 is 0 Å². The van der Waals surface area contributed by atoms with Crippen molar-refractivity contribution in [1.82, 2.24) is 9.88 Å². The van der Waals surface area contributed by atoms with Crippen molar-refractivity contribution in [1.29, 1.82) is 5.26 Å². The molecule has 0 saturated carbocycles. The second-order valence-corrected chi connectivity index (χ2v) is 5.56. The number of amides is 1. The Balaban J connectivity index is 1.46. The number of likely N-dealkylation sites (tertiary alicyclic amines) is 1. The predicted octanol–water partition coefficient (Wildman–Crippen LogP) is 1.79. The van der Waals surface area contributed by atoms with E-state index in [1.54, 1.807) is 24.1 Å². The maximum absolute atomic E-state index is 12.2. The molecule has 1 aromatic carbocycles. The van der Waals surface area contributed by atoms with Gasteiger partial charge in [0.15, 0.2) is 0 Å². The lowest BCUT2D eigenvalue weighted by Crippen LogP contribution is -2.56. The average Bonchev–Trinajstić information content (AvgIpc) is 2.58. The molecule has 1 saturated heterocycles. The summed E-state index contributed by atoms with van der Waals surface area (Å²) in [4.78, 5) is 18.0. The molecule has 1 fully saturated rings. The molecule has 2 heterocycles. The number of methoxy groups -OCH3 is 1. The Labute approximate surface area is 140 Å². The van der Waals surface area contributed by atoms with Crippen LogP contribution < -0.4 is 9.47 Å². The summed E-state index contributed by atoms with van der Waals surface area (Å²) in [5, 5.41) is 8.73. The van der Waals surface area contributed by atoms with Gasteiger partial charge in [0.1, 0.15) is 17.9 Å². The number of benzene rings is 1. The molecule has 6 heteroatoms. The van der Waals surface area contributed by atoms with E-state index in [1.165, 1.54) is 6.20 Å². The van der Waals surface area contributed by atoms with Gasteiger partial charge >= 0.3 is 0 Å². The number of carbonyl (C=O) groups is 1. The van der Waals surface area contributed by atoms with Crippen LogP contribution in [0.15, 0.2) is 42.6 Å². The Morgan fingerprint density at radius 2 is 2.04 bits per heavy atom. The summed E-state index contributed by atoms with van der Waals surface area (Å²) >= 11 is 0. The third-order valence-electron chi connectivity index (χ3n) is 3.87. The van der Waals surface area contributed by atoms with Gasteiger partial charge in [-0.25, -0.2) is 4.98 Å². The van der Waals surface area contributed by atoms with Crippen LogP contribution in [0.1, 0.15) is 11.1 Å². The number of ether oxygens (including phenoxy) is 2. The van der Waals surface area contributed by atoms with Gasteiger partial charge < -0.3 is 14.4 Å². The molecule has 3 rings (SSSR count). The van der Waals surface area contributed by atoms with Crippen LogP contribution in [0, 0.1) is 11.3 Å². The zero-order valence-corrected chi connectivity index (χ0v) is 13.3. The molecule has 1 amide bonds. The minimum absolute atomic E-state index is 0.0507. The first kappa shape index (κ1) is 15.8. The summed E-state index contributed by atoms with van der Waals surface area (Å²) in [5.41, 5.74) is 1.45. The van der Waals surface area contributed by atoms with E-state index >= 15 is 0 Å². The molecule has 24 heavy (non-hydrogen) atoms. The minimum atomic E-state index is -0.0507. The highest BCUT2D eigenvalue weighted by molar-refractivity contribution is 5.79. The molecule has 0 spiro atoms. The first-order chi connectivity index (χ1) is 11.7. The Bertz CT molecular complexity index is 745. The standard InChI is InChI=1S/C18H17N3O3/c1-23-15-5-2-13(3-6-15)8-18(22)21-11-16(12-21)24-17-7-4-14(9-19)10-20-17/h2-7,10,16H,8,11-12H2,1H3. The van der Waals surface area contributed by atoms with Crippen LogP contribution in [-0.2, 0) is 11.2 Å². The van der Waals surface area contributed by atoms with Gasteiger partial charge in [-0.05, 0) is 23.8 Å². The second kappa shape index (κ2) is 7.01. The van der Waals surface area contributed by atoms with Crippen LogP contribution in [-0.4, -0.2) is 42.1 Å². The molecule has 122 valence electrons. The summed E-state index contributed by atoms with van der Waals surface area (Å²) < 4.78 is 10.8. The summed E-state index contributed by atoms with van der Waals surface area (Å²) in [5.74, 6) is 1.33. The zero-order chi connectivity index (χ0) is 16.9. The van der Waals surface area contributed by atoms with E-state index in [4.69, 9.17) is 14.7 Å². The quantitative estimate of drug-likeness (QED) is 0.838. The second-order valence-electron chi connectivity index (χ2n) is 5.56. The first-order valence-corrected chi connectivity index (χ1v) is 7.61. The van der Waals surface area contributed by atoms with E-state index in [0.29, 0.717) is 31.0 Å². The minimum Gasteiger partial charge on any atom is -0.497 e. The van der Waals surface area contributed by atoms with Gasteiger partial charge in [0.05, 0.1) is 32.2 Å². The largest absolute Gasteiger partial charge is 0.497 e. The van der Waals surface area contributed by atoms with Crippen molar-refractivity contribution in [2.24, 2.45) is 0 Å². The summed E-state index contributed by atoms with van der Waals surface area (Å²) in [7, 11) is 1.61. The van der Waals surface area contributed by atoms with Crippen molar-refractivity contribution < 1.29 is 14.3 Å². The molecule has 0 radical (unpaired) electrons. The van der Waals surface area contributed by atoms with E-state index in [-0.39, 0.29) is 12.0 Å². The summed E-state index contributed by atoms with van der Waals surface area (Å²) in [6.07, 6.45) is 1.79. The first-order valence-electron chi connectivity index (χ1n) is 7.61. The topological polar surface area (TPSA) is 75.4 Å². The van der Waals surface area contributed by atoms with Crippen LogP contribution in [0.4, 0.5) is 0 Å². The van der Waals surface area contributed by atoms with Gasteiger partial charge in [0.25, 0.3) is 0 Å². The normalized spacial score (nSPS) is 13.8. The van der Waals surface area contributed by atoms with Crippen LogP contribution in [0.25, 0.3) is 0 Å². The Morgan fingerprint density at radius 1 is 1.29 bits per heavy atom. The molecule has 0 unspecified atom stereocenters. The zero-order valence-electron chi connectivity index (χ0n) is 13.3. The maximum Gasteiger partial charge on any atom is 0.227 e. The van der Waals surface area contributed by atoms with E-state index in [9.17, 15) is 4.79 Å². The lowest BCUT2D eigenvalue weighted by Gasteiger charge is -2.38. The molecular weight excluding hydrogens is 306 g/mol. The number of nitriles is 1. The van der Waals surface area contributed by atoms with Gasteiger partial charge in [0, 0.05) is 12.3 Å². The number of hydrogen-bond donors (Lipinski definition) is 0. The number of aromatic nitrogens is 1. The number of rotatable bonds is 5. The number of hydrogen-bond acceptors (Lipinski definition) is 5. The van der Waals surface area contributed by atoms with Gasteiger partial charge in [-0.15, -0.1) is 0 Å². The molecule has 2 aromatic rings. The number of carbonyl (C=O) groups excluding carboxylic acids is 1. The SMILES string of the molecule is COc1ccc(CC(=O)N2CC(Oc3ccc(C#N)cn3)C2)cc1. The van der Waals surface area contributed by atoms with Crippen molar-refractivity contribution in [2.75, 3.05) is 20.2 Å². The van der Waals surface area contributed by atoms with Crippen molar-refractivity contribution >= 4 is 5.91 Å². The summed E-state index contributed by atoms with van der Waals surface area (Å²) in [6.45, 7) is 1.10. The van der Waals surface area contributed by atoms with Crippen LogP contribution in [0.3, 0.4) is 0 Å². The van der Waals surface area contributed by atoms with Crippen LogP contribution in [0.2, 0.25) is 0 Å². The van der Waals surface area contributed by atoms with Crippen molar-refractivity contribution in [3.8, 4) is 17.7 Å². The highest BCUT2D eigenvalue weighted by Gasteiger charge is 2.32. The summed E-state index contributed by atoms with van der Waals surface area (Å²) in [6, 6.07) is 12.8. The highest BCUT2D eigenvalue weighted by Crippen LogP contribution is 2.18. The van der Waals surface area contributed by atoms with Gasteiger partial charge in [0.2, 0.25) is 11.8 Å². The lowest BCUT2D eigenvalue weighted by atomic mass is 10.1. The Kier molecular flexibility index (Phi) is 4.62. The third-order valence-corrected chi connectivity index (χ3v) is 3.87. The monoisotopic (exact) mass is 323 g/mol. The van der Waals surface area contributed by atoms with Gasteiger partial charge in [-0.3, -0.25) is 4.79 Å². The van der Waals surface area contributed by atoms with E-state index in [2.05, 4.69) is 4.98 Å². The molecule has 0 bridgehead atoms. The molecule has 1 aliphatic rings. The average molecular weight is 323 g/mol. The fourth-order valence-electron chi connectivity index (χ4n) is 2.43. The smallest absolute Gasteiger partial charge is 0.227 e. The molecular formula is C18H17N3O3. The Morgan fingerprint density at radius 3 is 2.62 bits per heavy atom. The molecule has 0 atom stereocenters. The van der Waals surface area contributed by atoms with Crippen molar-refractivity contribution in [2.45, 2.75) is 12.5 Å².